The molecule has 0 aromatic rings. The predicted molar refractivity (Wildman–Crippen MR) is 75.8 cm³/mol. The van der Waals surface area contributed by atoms with Crippen LogP contribution in [0.1, 0.15) is 38.5 Å². The van der Waals surface area contributed by atoms with Gasteiger partial charge in [0.15, 0.2) is 0 Å². The molecule has 0 aromatic carbocycles. The van der Waals surface area contributed by atoms with E-state index in [4.69, 9.17) is 9.84 Å². The molecule has 0 amide bonds. The Morgan fingerprint density at radius 3 is 2.75 bits per heavy atom. The molecule has 0 radical (unpaired) electrons. The number of carbonyl (C=O) groups is 1. The topological polar surface area (TPSA) is 53.0 Å². The van der Waals surface area contributed by atoms with E-state index in [9.17, 15) is 4.79 Å². The van der Waals surface area contributed by atoms with Gasteiger partial charge >= 0.3 is 5.97 Å². The molecule has 1 unspecified atom stereocenters. The highest BCUT2D eigenvalue weighted by molar-refractivity contribution is 5.69. The van der Waals surface area contributed by atoms with Crippen molar-refractivity contribution in [3.8, 4) is 0 Å². The van der Waals surface area contributed by atoms with E-state index in [1.54, 1.807) is 0 Å². The molecule has 2 heterocycles. The smallest absolute Gasteiger partial charge is 0.317 e. The SMILES string of the molecule is O=C(O)CN1CCCN(C2CCOC3(CCC3)C2)CC1. The van der Waals surface area contributed by atoms with Crippen molar-refractivity contribution in [3.05, 3.63) is 0 Å². The lowest BCUT2D eigenvalue weighted by molar-refractivity contribution is -0.148. The third kappa shape index (κ3) is 3.15. The molecule has 3 fully saturated rings. The number of carboxylic acid groups (broad SMARTS) is 1. The van der Waals surface area contributed by atoms with Crippen molar-refractivity contribution in [1.82, 2.24) is 9.80 Å². The van der Waals surface area contributed by atoms with Crippen molar-refractivity contribution < 1.29 is 14.6 Å². The second-order valence-electron chi connectivity index (χ2n) is 6.59. The van der Waals surface area contributed by atoms with Crippen molar-refractivity contribution in [2.75, 3.05) is 39.3 Å². The van der Waals surface area contributed by atoms with Crippen molar-refractivity contribution in [1.29, 1.82) is 0 Å². The molecule has 114 valence electrons. The van der Waals surface area contributed by atoms with Crippen LogP contribution in [0, 0.1) is 0 Å². The average molecular weight is 282 g/mol. The van der Waals surface area contributed by atoms with Crippen molar-refractivity contribution in [2.45, 2.75) is 50.2 Å². The molecule has 3 rings (SSSR count). The minimum Gasteiger partial charge on any atom is -0.480 e. The molecule has 1 N–H and O–H groups in total. The van der Waals surface area contributed by atoms with Gasteiger partial charge in [0.1, 0.15) is 0 Å². The summed E-state index contributed by atoms with van der Waals surface area (Å²) in [5.41, 5.74) is 0.204. The summed E-state index contributed by atoms with van der Waals surface area (Å²) in [6.07, 6.45) is 7.20. The van der Waals surface area contributed by atoms with Gasteiger partial charge < -0.3 is 9.84 Å². The molecule has 1 saturated carbocycles. The van der Waals surface area contributed by atoms with Crippen LogP contribution < -0.4 is 0 Å². The molecule has 1 spiro atoms. The molecule has 1 aliphatic carbocycles. The maximum Gasteiger partial charge on any atom is 0.317 e. The second kappa shape index (κ2) is 6.00. The Hall–Kier alpha value is -0.650. The summed E-state index contributed by atoms with van der Waals surface area (Å²) < 4.78 is 6.01. The van der Waals surface area contributed by atoms with E-state index in [2.05, 4.69) is 9.80 Å². The summed E-state index contributed by atoms with van der Waals surface area (Å²) in [5, 5.41) is 8.91. The maximum atomic E-state index is 10.8. The van der Waals surface area contributed by atoms with Gasteiger partial charge in [0.05, 0.1) is 12.1 Å². The lowest BCUT2D eigenvalue weighted by Crippen LogP contribution is -2.52. The molecule has 3 aliphatic rings. The van der Waals surface area contributed by atoms with E-state index < -0.39 is 5.97 Å². The van der Waals surface area contributed by atoms with Crippen molar-refractivity contribution in [2.24, 2.45) is 0 Å². The van der Waals surface area contributed by atoms with Crippen LogP contribution in [-0.4, -0.2) is 71.8 Å². The quantitative estimate of drug-likeness (QED) is 0.842. The van der Waals surface area contributed by atoms with Crippen molar-refractivity contribution >= 4 is 5.97 Å². The predicted octanol–water partition coefficient (Wildman–Crippen LogP) is 1.18. The standard InChI is InChI=1S/C15H26N2O3/c18-14(19)12-16-6-2-7-17(9-8-16)13-3-10-20-15(11-13)4-1-5-15/h13H,1-12H2,(H,18,19). The maximum absolute atomic E-state index is 10.8. The highest BCUT2D eigenvalue weighted by Crippen LogP contribution is 2.43. The van der Waals surface area contributed by atoms with Gasteiger partial charge in [0.25, 0.3) is 0 Å². The van der Waals surface area contributed by atoms with Gasteiger partial charge in [-0.2, -0.15) is 0 Å². The fraction of sp³-hybridized carbons (Fsp3) is 0.933. The zero-order chi connectivity index (χ0) is 14.0. The first-order valence-electron chi connectivity index (χ1n) is 7.99. The van der Waals surface area contributed by atoms with E-state index in [0.29, 0.717) is 6.04 Å². The van der Waals surface area contributed by atoms with Crippen LogP contribution >= 0.6 is 0 Å². The average Bonchev–Trinajstić information content (AvgIpc) is 2.62. The first kappa shape index (κ1) is 14.3. The molecular weight excluding hydrogens is 256 g/mol. The largest absolute Gasteiger partial charge is 0.480 e. The molecule has 20 heavy (non-hydrogen) atoms. The first-order chi connectivity index (χ1) is 9.67. The highest BCUT2D eigenvalue weighted by atomic mass is 16.5. The number of hydrogen-bond acceptors (Lipinski definition) is 4. The van der Waals surface area contributed by atoms with Gasteiger partial charge in [-0.3, -0.25) is 14.6 Å². The van der Waals surface area contributed by atoms with Crippen LogP contribution in [0.15, 0.2) is 0 Å². The van der Waals surface area contributed by atoms with Crippen LogP contribution in [0.3, 0.4) is 0 Å². The molecule has 1 atom stereocenters. The van der Waals surface area contributed by atoms with Gasteiger partial charge in [-0.25, -0.2) is 0 Å². The Bertz CT molecular complexity index is 357. The Morgan fingerprint density at radius 1 is 1.20 bits per heavy atom. The van der Waals surface area contributed by atoms with Gasteiger partial charge in [-0.1, -0.05) is 0 Å². The molecular formula is C15H26N2O3. The van der Waals surface area contributed by atoms with Gasteiger partial charge in [0, 0.05) is 32.3 Å². The number of nitrogens with zero attached hydrogens (tertiary/aromatic N) is 2. The summed E-state index contributed by atoms with van der Waals surface area (Å²) in [6, 6.07) is 0.647. The number of rotatable bonds is 3. The summed E-state index contributed by atoms with van der Waals surface area (Å²) in [4.78, 5) is 15.5. The molecule has 2 saturated heterocycles. The molecule has 5 heteroatoms. The molecule has 2 aliphatic heterocycles. The van der Waals surface area contributed by atoms with E-state index in [1.165, 1.54) is 25.7 Å². The Balaban J connectivity index is 1.53. The minimum absolute atomic E-state index is 0.186. The van der Waals surface area contributed by atoms with Crippen molar-refractivity contribution in [3.63, 3.8) is 0 Å². The summed E-state index contributed by atoms with van der Waals surface area (Å²) in [7, 11) is 0. The van der Waals surface area contributed by atoms with Gasteiger partial charge in [0.2, 0.25) is 0 Å². The monoisotopic (exact) mass is 282 g/mol. The highest BCUT2D eigenvalue weighted by Gasteiger charge is 2.43. The van der Waals surface area contributed by atoms with Crippen LogP contribution in [0.2, 0.25) is 0 Å². The van der Waals surface area contributed by atoms with Crippen LogP contribution in [0.25, 0.3) is 0 Å². The summed E-state index contributed by atoms with van der Waals surface area (Å²) in [6.45, 7) is 5.00. The van der Waals surface area contributed by atoms with E-state index in [1.807, 2.05) is 0 Å². The lowest BCUT2D eigenvalue weighted by atomic mass is 9.73. The van der Waals surface area contributed by atoms with E-state index in [0.717, 1.165) is 45.6 Å². The fourth-order valence-electron chi connectivity index (χ4n) is 3.94. The Labute approximate surface area is 120 Å². The van der Waals surface area contributed by atoms with Gasteiger partial charge in [-0.15, -0.1) is 0 Å². The minimum atomic E-state index is -0.710. The van der Waals surface area contributed by atoms with E-state index in [-0.39, 0.29) is 12.1 Å². The van der Waals surface area contributed by atoms with Crippen LogP contribution in [0.4, 0.5) is 0 Å². The fourth-order valence-corrected chi connectivity index (χ4v) is 3.94. The lowest BCUT2D eigenvalue weighted by Gasteiger charge is -2.49. The second-order valence-corrected chi connectivity index (χ2v) is 6.59. The number of carboxylic acids is 1. The van der Waals surface area contributed by atoms with Gasteiger partial charge in [-0.05, 0) is 45.1 Å². The summed E-state index contributed by atoms with van der Waals surface area (Å²) in [5.74, 6) is -0.710. The zero-order valence-corrected chi connectivity index (χ0v) is 12.2. The number of aliphatic carboxylic acids is 1. The van der Waals surface area contributed by atoms with E-state index >= 15 is 0 Å². The molecule has 5 nitrogen and oxygen atoms in total. The molecule has 0 bridgehead atoms. The Morgan fingerprint density at radius 2 is 2.05 bits per heavy atom. The normalized spacial score (nSPS) is 31.7. The first-order valence-corrected chi connectivity index (χ1v) is 7.99. The van der Waals surface area contributed by atoms with Crippen LogP contribution in [0.5, 0.6) is 0 Å². The third-order valence-electron chi connectivity index (χ3n) is 5.23. The Kier molecular flexibility index (Phi) is 4.29. The molecule has 0 aromatic heterocycles. The van der Waals surface area contributed by atoms with Crippen LogP contribution in [-0.2, 0) is 9.53 Å². The number of ether oxygens (including phenoxy) is 1. The summed E-state index contributed by atoms with van der Waals surface area (Å²) >= 11 is 0. The number of hydrogen-bond donors (Lipinski definition) is 1. The zero-order valence-electron chi connectivity index (χ0n) is 12.2. The third-order valence-corrected chi connectivity index (χ3v) is 5.23.